The molecule has 0 bridgehead atoms. The second-order valence-corrected chi connectivity index (χ2v) is 4.70. The van der Waals surface area contributed by atoms with Gasteiger partial charge in [0.05, 0.1) is 0 Å². The summed E-state index contributed by atoms with van der Waals surface area (Å²) >= 11 is 0. The maximum Gasteiger partial charge on any atom is 0.0428 e. The SMILES string of the molecule is C=N/C(=C\C=C/CC)C1CCN(CCC)CC1. The Balaban J connectivity index is 2.47. The second-order valence-electron chi connectivity index (χ2n) is 4.70. The van der Waals surface area contributed by atoms with E-state index in [4.69, 9.17) is 0 Å². The van der Waals surface area contributed by atoms with Crippen LogP contribution in [0.5, 0.6) is 0 Å². The van der Waals surface area contributed by atoms with E-state index in [1.54, 1.807) is 0 Å². The van der Waals surface area contributed by atoms with Gasteiger partial charge in [0.25, 0.3) is 0 Å². The number of nitrogens with zero attached hydrogens (tertiary/aromatic N) is 2. The minimum atomic E-state index is 0.613. The highest BCUT2D eigenvalue weighted by molar-refractivity contribution is 5.31. The molecule has 0 aliphatic carbocycles. The molecule has 0 radical (unpaired) electrons. The van der Waals surface area contributed by atoms with Crippen molar-refractivity contribution in [2.45, 2.75) is 39.5 Å². The number of allylic oxidation sites excluding steroid dienone is 4. The Morgan fingerprint density at radius 2 is 2.06 bits per heavy atom. The predicted octanol–water partition coefficient (Wildman–Crippen LogP) is 3.66. The van der Waals surface area contributed by atoms with Gasteiger partial charge in [-0.15, -0.1) is 0 Å². The van der Waals surface area contributed by atoms with E-state index in [1.807, 2.05) is 0 Å². The quantitative estimate of drug-likeness (QED) is 0.506. The fourth-order valence-electron chi connectivity index (χ4n) is 2.39. The zero-order chi connectivity index (χ0) is 12.5. The van der Waals surface area contributed by atoms with Gasteiger partial charge in [0.2, 0.25) is 0 Å². The van der Waals surface area contributed by atoms with Gasteiger partial charge in [-0.25, -0.2) is 0 Å². The van der Waals surface area contributed by atoms with Crippen molar-refractivity contribution in [2.75, 3.05) is 19.6 Å². The Bertz CT molecular complexity index is 271. The molecule has 1 heterocycles. The van der Waals surface area contributed by atoms with Gasteiger partial charge in [0, 0.05) is 11.6 Å². The molecule has 0 aromatic carbocycles. The molecule has 2 nitrogen and oxygen atoms in total. The van der Waals surface area contributed by atoms with Crippen LogP contribution in [0.15, 0.2) is 28.9 Å². The molecule has 0 saturated carbocycles. The Kier molecular flexibility index (Phi) is 6.87. The van der Waals surface area contributed by atoms with Crippen LogP contribution in [0, 0.1) is 5.92 Å². The summed E-state index contributed by atoms with van der Waals surface area (Å²) in [5.41, 5.74) is 1.17. The van der Waals surface area contributed by atoms with E-state index in [-0.39, 0.29) is 0 Å². The molecule has 96 valence electrons. The van der Waals surface area contributed by atoms with Crippen molar-refractivity contribution >= 4 is 6.72 Å². The number of rotatable bonds is 6. The summed E-state index contributed by atoms with van der Waals surface area (Å²) in [5, 5.41) is 0. The molecular formula is C15H26N2. The first kappa shape index (κ1) is 14.2. The molecule has 1 aliphatic rings. The lowest BCUT2D eigenvalue weighted by Gasteiger charge is -2.31. The summed E-state index contributed by atoms with van der Waals surface area (Å²) in [6, 6.07) is 0. The number of piperidine rings is 1. The Labute approximate surface area is 106 Å². The third-order valence-electron chi connectivity index (χ3n) is 3.37. The third-order valence-corrected chi connectivity index (χ3v) is 3.37. The normalized spacial score (nSPS) is 20.0. The predicted molar refractivity (Wildman–Crippen MR) is 76.5 cm³/mol. The highest BCUT2D eigenvalue weighted by atomic mass is 15.1. The molecule has 1 aliphatic heterocycles. The van der Waals surface area contributed by atoms with E-state index in [1.165, 1.54) is 44.6 Å². The second kappa shape index (κ2) is 8.24. The standard InChI is InChI=1S/C15H26N2/c1-4-6-7-8-15(16-3)14-9-12-17(11-5-2)13-10-14/h6-8,14H,3-5,9-13H2,1-2H3/b7-6-,15-8-. The molecular weight excluding hydrogens is 208 g/mol. The monoisotopic (exact) mass is 234 g/mol. The summed E-state index contributed by atoms with van der Waals surface area (Å²) in [4.78, 5) is 6.75. The minimum absolute atomic E-state index is 0.613. The van der Waals surface area contributed by atoms with Crippen LogP contribution in [0.4, 0.5) is 0 Å². The van der Waals surface area contributed by atoms with Gasteiger partial charge in [0.1, 0.15) is 0 Å². The number of likely N-dealkylation sites (tertiary alicyclic amines) is 1. The van der Waals surface area contributed by atoms with Crippen LogP contribution in [0.1, 0.15) is 39.5 Å². The summed E-state index contributed by atoms with van der Waals surface area (Å²) < 4.78 is 0. The molecule has 1 saturated heterocycles. The van der Waals surface area contributed by atoms with Crippen LogP contribution in [0.3, 0.4) is 0 Å². The lowest BCUT2D eigenvalue weighted by Crippen LogP contribution is -2.34. The van der Waals surface area contributed by atoms with Gasteiger partial charge in [-0.05, 0) is 58.1 Å². The van der Waals surface area contributed by atoms with Gasteiger partial charge in [0.15, 0.2) is 0 Å². The first-order chi connectivity index (χ1) is 8.31. The Hall–Kier alpha value is -0.890. The van der Waals surface area contributed by atoms with Crippen LogP contribution in [0.2, 0.25) is 0 Å². The van der Waals surface area contributed by atoms with E-state index >= 15 is 0 Å². The Morgan fingerprint density at radius 1 is 1.35 bits per heavy atom. The van der Waals surface area contributed by atoms with Gasteiger partial charge < -0.3 is 4.90 Å². The van der Waals surface area contributed by atoms with E-state index in [9.17, 15) is 0 Å². The van der Waals surface area contributed by atoms with Gasteiger partial charge in [-0.1, -0.05) is 26.0 Å². The highest BCUT2D eigenvalue weighted by Gasteiger charge is 2.20. The summed E-state index contributed by atoms with van der Waals surface area (Å²) in [7, 11) is 0. The van der Waals surface area contributed by atoms with Crippen molar-refractivity contribution in [1.82, 2.24) is 4.90 Å². The molecule has 0 N–H and O–H groups in total. The van der Waals surface area contributed by atoms with Crippen LogP contribution in [0.25, 0.3) is 0 Å². The first-order valence-electron chi connectivity index (χ1n) is 6.87. The molecule has 0 aromatic heterocycles. The third kappa shape index (κ3) is 4.86. The smallest absolute Gasteiger partial charge is 0.0428 e. The lowest BCUT2D eigenvalue weighted by atomic mass is 9.93. The van der Waals surface area contributed by atoms with E-state index < -0.39 is 0 Å². The van der Waals surface area contributed by atoms with E-state index in [0.717, 1.165) is 6.42 Å². The van der Waals surface area contributed by atoms with Crippen molar-refractivity contribution in [1.29, 1.82) is 0 Å². The van der Waals surface area contributed by atoms with Crippen LogP contribution in [-0.4, -0.2) is 31.3 Å². The average molecular weight is 234 g/mol. The molecule has 0 aromatic rings. The fraction of sp³-hybridized carbons (Fsp3) is 0.667. The number of hydrogen-bond acceptors (Lipinski definition) is 2. The van der Waals surface area contributed by atoms with Crippen molar-refractivity contribution in [3.63, 3.8) is 0 Å². The summed E-state index contributed by atoms with van der Waals surface area (Å²) in [6.45, 7) is 11.8. The van der Waals surface area contributed by atoms with Crippen molar-refractivity contribution < 1.29 is 0 Å². The molecule has 0 atom stereocenters. The molecule has 0 unspecified atom stereocenters. The van der Waals surface area contributed by atoms with Crippen molar-refractivity contribution in [2.24, 2.45) is 10.9 Å². The summed E-state index contributed by atoms with van der Waals surface area (Å²) in [5.74, 6) is 0.613. The zero-order valence-corrected chi connectivity index (χ0v) is 11.4. The molecule has 0 amide bonds. The van der Waals surface area contributed by atoms with Gasteiger partial charge in [-0.2, -0.15) is 0 Å². The van der Waals surface area contributed by atoms with Crippen LogP contribution in [-0.2, 0) is 0 Å². The maximum absolute atomic E-state index is 4.20. The number of hydrogen-bond donors (Lipinski definition) is 0. The van der Waals surface area contributed by atoms with Gasteiger partial charge >= 0.3 is 0 Å². The highest BCUT2D eigenvalue weighted by Crippen LogP contribution is 2.25. The minimum Gasteiger partial charge on any atom is -0.303 e. The van der Waals surface area contributed by atoms with Crippen molar-refractivity contribution in [3.05, 3.63) is 23.9 Å². The summed E-state index contributed by atoms with van der Waals surface area (Å²) in [6.07, 6.45) is 11.2. The van der Waals surface area contributed by atoms with Crippen molar-refractivity contribution in [3.8, 4) is 0 Å². The first-order valence-corrected chi connectivity index (χ1v) is 6.87. The Morgan fingerprint density at radius 3 is 2.59 bits per heavy atom. The maximum atomic E-state index is 4.20. The molecule has 1 fully saturated rings. The number of aliphatic imine (C=N–C) groups is 1. The fourth-order valence-corrected chi connectivity index (χ4v) is 2.39. The lowest BCUT2D eigenvalue weighted by molar-refractivity contribution is 0.199. The average Bonchev–Trinajstić information content (AvgIpc) is 2.36. The van der Waals surface area contributed by atoms with Crippen LogP contribution >= 0.6 is 0 Å². The molecule has 1 rings (SSSR count). The van der Waals surface area contributed by atoms with Gasteiger partial charge in [-0.3, -0.25) is 4.99 Å². The van der Waals surface area contributed by atoms with Crippen LogP contribution < -0.4 is 0 Å². The zero-order valence-electron chi connectivity index (χ0n) is 11.4. The largest absolute Gasteiger partial charge is 0.303 e. The topological polar surface area (TPSA) is 15.6 Å². The van der Waals surface area contributed by atoms with E-state index in [2.05, 4.69) is 48.7 Å². The molecule has 0 spiro atoms. The molecule has 17 heavy (non-hydrogen) atoms. The van der Waals surface area contributed by atoms with E-state index in [0.29, 0.717) is 5.92 Å². The molecule has 2 heteroatoms.